The maximum Gasteiger partial charge on any atom is 0.152 e. The number of hydrogen-bond donors (Lipinski definition) is 2. The van der Waals surface area contributed by atoms with Gasteiger partial charge in [-0.2, -0.15) is 0 Å². The average Bonchev–Trinajstić information content (AvgIpc) is 2.43. The minimum atomic E-state index is -0.677. The molecule has 0 fully saturated rings. The number of nitrogens with zero attached hydrogens (tertiary/aromatic N) is 2. The summed E-state index contributed by atoms with van der Waals surface area (Å²) in [6.07, 6.45) is 1.32. The first-order valence-electron chi connectivity index (χ1n) is 6.00. The largest absolute Gasteiger partial charge is 0.369 e. The molecule has 20 heavy (non-hydrogen) atoms. The Kier molecular flexibility index (Phi) is 4.49. The molecule has 7 heteroatoms. The van der Waals surface area contributed by atoms with Crippen LogP contribution in [0.2, 0.25) is 0 Å². The number of benzene rings is 1. The summed E-state index contributed by atoms with van der Waals surface area (Å²) in [4.78, 5) is 8.02. The van der Waals surface area contributed by atoms with Crippen molar-refractivity contribution in [3.8, 4) is 0 Å². The van der Waals surface area contributed by atoms with Gasteiger partial charge in [0, 0.05) is 6.54 Å². The summed E-state index contributed by atoms with van der Waals surface area (Å²) in [6, 6.07) is 2.59. The first-order chi connectivity index (χ1) is 9.54. The van der Waals surface area contributed by atoms with Gasteiger partial charge in [-0.05, 0) is 41.4 Å². The smallest absolute Gasteiger partial charge is 0.152 e. The molecule has 2 aromatic rings. The average molecular weight is 343 g/mol. The minimum absolute atomic E-state index is 0.230. The zero-order chi connectivity index (χ0) is 14.7. The third kappa shape index (κ3) is 2.87. The molecule has 1 aromatic carbocycles. The van der Waals surface area contributed by atoms with E-state index < -0.39 is 11.6 Å². The van der Waals surface area contributed by atoms with Crippen LogP contribution < -0.4 is 10.6 Å². The van der Waals surface area contributed by atoms with Crippen molar-refractivity contribution in [1.29, 1.82) is 0 Å². The second-order valence-corrected chi connectivity index (χ2v) is 4.89. The van der Waals surface area contributed by atoms with Crippen LogP contribution >= 0.6 is 15.9 Å². The SMILES string of the molecule is CCNc1ncnc(Nc2c(F)ccc(C)c2F)c1Br. The van der Waals surface area contributed by atoms with Gasteiger partial charge in [-0.3, -0.25) is 0 Å². The van der Waals surface area contributed by atoms with Crippen LogP contribution in [0.3, 0.4) is 0 Å². The Hall–Kier alpha value is -1.76. The molecule has 0 saturated carbocycles. The summed E-state index contributed by atoms with van der Waals surface area (Å²) < 4.78 is 28.2. The van der Waals surface area contributed by atoms with Crippen molar-refractivity contribution in [3.63, 3.8) is 0 Å². The molecule has 0 bridgehead atoms. The zero-order valence-electron chi connectivity index (χ0n) is 11.0. The topological polar surface area (TPSA) is 49.8 Å². The van der Waals surface area contributed by atoms with E-state index >= 15 is 0 Å². The molecule has 2 N–H and O–H groups in total. The number of halogens is 3. The Bertz CT molecular complexity index is 634. The van der Waals surface area contributed by atoms with Gasteiger partial charge in [0.2, 0.25) is 0 Å². The number of aromatic nitrogens is 2. The summed E-state index contributed by atoms with van der Waals surface area (Å²) in [5, 5.41) is 5.68. The molecule has 0 unspecified atom stereocenters. The monoisotopic (exact) mass is 342 g/mol. The highest BCUT2D eigenvalue weighted by Crippen LogP contribution is 2.31. The van der Waals surface area contributed by atoms with Crippen LogP contribution in [0.15, 0.2) is 22.9 Å². The van der Waals surface area contributed by atoms with E-state index in [9.17, 15) is 8.78 Å². The van der Waals surface area contributed by atoms with Crippen LogP contribution in [0, 0.1) is 18.6 Å². The lowest BCUT2D eigenvalue weighted by atomic mass is 10.2. The van der Waals surface area contributed by atoms with Crippen molar-refractivity contribution in [1.82, 2.24) is 9.97 Å². The van der Waals surface area contributed by atoms with Crippen LogP contribution in [0.5, 0.6) is 0 Å². The van der Waals surface area contributed by atoms with Gasteiger partial charge in [-0.25, -0.2) is 18.7 Å². The number of aryl methyl sites for hydroxylation is 1. The molecule has 0 saturated heterocycles. The highest BCUT2D eigenvalue weighted by Gasteiger charge is 2.15. The molecule has 2 rings (SSSR count). The normalized spacial score (nSPS) is 10.4. The fraction of sp³-hybridized carbons (Fsp3) is 0.231. The molecule has 0 radical (unpaired) electrons. The highest BCUT2D eigenvalue weighted by atomic mass is 79.9. The van der Waals surface area contributed by atoms with Gasteiger partial charge in [0.25, 0.3) is 0 Å². The summed E-state index contributed by atoms with van der Waals surface area (Å²) >= 11 is 3.31. The van der Waals surface area contributed by atoms with E-state index in [1.165, 1.54) is 18.5 Å². The van der Waals surface area contributed by atoms with Crippen LogP contribution in [0.25, 0.3) is 0 Å². The third-order valence-corrected chi connectivity index (χ3v) is 3.41. The van der Waals surface area contributed by atoms with Crippen LogP contribution in [-0.4, -0.2) is 16.5 Å². The molecule has 0 aliphatic heterocycles. The molecule has 1 aromatic heterocycles. The Labute approximate surface area is 123 Å². The van der Waals surface area contributed by atoms with Gasteiger partial charge in [-0.1, -0.05) is 6.07 Å². The van der Waals surface area contributed by atoms with E-state index in [1.54, 1.807) is 6.92 Å². The van der Waals surface area contributed by atoms with E-state index in [-0.39, 0.29) is 5.69 Å². The fourth-order valence-corrected chi connectivity index (χ4v) is 2.08. The molecule has 0 atom stereocenters. The van der Waals surface area contributed by atoms with Crippen molar-refractivity contribution in [3.05, 3.63) is 40.1 Å². The molecule has 4 nitrogen and oxygen atoms in total. The lowest BCUT2D eigenvalue weighted by molar-refractivity contribution is 0.584. The van der Waals surface area contributed by atoms with E-state index in [2.05, 4.69) is 36.5 Å². The van der Waals surface area contributed by atoms with E-state index in [0.29, 0.717) is 28.2 Å². The van der Waals surface area contributed by atoms with Crippen LogP contribution in [-0.2, 0) is 0 Å². The van der Waals surface area contributed by atoms with Gasteiger partial charge in [0.05, 0.1) is 0 Å². The molecule has 0 amide bonds. The zero-order valence-corrected chi connectivity index (χ0v) is 12.6. The first-order valence-corrected chi connectivity index (χ1v) is 6.79. The Morgan fingerprint density at radius 2 is 1.90 bits per heavy atom. The van der Waals surface area contributed by atoms with Crippen molar-refractivity contribution >= 4 is 33.3 Å². The third-order valence-electron chi connectivity index (χ3n) is 2.66. The second kappa shape index (κ2) is 6.13. The van der Waals surface area contributed by atoms with Gasteiger partial charge in [-0.15, -0.1) is 0 Å². The Morgan fingerprint density at radius 3 is 2.60 bits per heavy atom. The van der Waals surface area contributed by atoms with E-state index in [4.69, 9.17) is 0 Å². The van der Waals surface area contributed by atoms with Crippen molar-refractivity contribution in [2.45, 2.75) is 13.8 Å². The molecule has 1 heterocycles. The summed E-state index contributed by atoms with van der Waals surface area (Å²) in [7, 11) is 0. The standard InChI is InChI=1S/C13H13BrF2N4/c1-3-17-12-9(14)13(19-6-18-12)20-11-8(15)5-4-7(2)10(11)16/h4-6H,3H2,1-2H3,(H2,17,18,19,20). The lowest BCUT2D eigenvalue weighted by Gasteiger charge is -2.12. The first kappa shape index (κ1) is 14.6. The lowest BCUT2D eigenvalue weighted by Crippen LogP contribution is -2.06. The number of nitrogens with one attached hydrogen (secondary N) is 2. The molecular weight excluding hydrogens is 330 g/mol. The molecule has 0 spiro atoms. The number of hydrogen-bond acceptors (Lipinski definition) is 4. The highest BCUT2D eigenvalue weighted by molar-refractivity contribution is 9.10. The summed E-state index contributed by atoms with van der Waals surface area (Å²) in [6.45, 7) is 4.16. The van der Waals surface area contributed by atoms with Crippen molar-refractivity contribution < 1.29 is 8.78 Å². The van der Waals surface area contributed by atoms with E-state index in [1.807, 2.05) is 6.92 Å². The second-order valence-electron chi connectivity index (χ2n) is 4.09. The molecule has 0 aliphatic rings. The van der Waals surface area contributed by atoms with Crippen molar-refractivity contribution in [2.75, 3.05) is 17.2 Å². The molecule has 0 aliphatic carbocycles. The van der Waals surface area contributed by atoms with Gasteiger partial charge in [0.15, 0.2) is 5.82 Å². The van der Waals surface area contributed by atoms with Gasteiger partial charge >= 0.3 is 0 Å². The predicted octanol–water partition coefficient (Wildman–Crippen LogP) is 4.00. The summed E-state index contributed by atoms with van der Waals surface area (Å²) in [5.41, 5.74) is 0.123. The number of rotatable bonds is 4. The maximum absolute atomic E-state index is 14.0. The minimum Gasteiger partial charge on any atom is -0.369 e. The number of anilines is 3. The Morgan fingerprint density at radius 1 is 1.20 bits per heavy atom. The summed E-state index contributed by atoms with van der Waals surface area (Å²) in [5.74, 6) is -0.470. The predicted molar refractivity (Wildman–Crippen MR) is 78.3 cm³/mol. The maximum atomic E-state index is 14.0. The van der Waals surface area contributed by atoms with Gasteiger partial charge < -0.3 is 10.6 Å². The van der Waals surface area contributed by atoms with Crippen LogP contribution in [0.4, 0.5) is 26.1 Å². The molecule has 106 valence electrons. The molecular formula is C13H13BrF2N4. The fourth-order valence-electron chi connectivity index (χ4n) is 1.64. The Balaban J connectivity index is 2.40. The van der Waals surface area contributed by atoms with Gasteiger partial charge in [0.1, 0.15) is 33.9 Å². The quantitative estimate of drug-likeness (QED) is 0.881. The van der Waals surface area contributed by atoms with Crippen molar-refractivity contribution in [2.24, 2.45) is 0 Å². The van der Waals surface area contributed by atoms with Crippen LogP contribution in [0.1, 0.15) is 12.5 Å². The van der Waals surface area contributed by atoms with E-state index in [0.717, 1.165) is 0 Å².